The molecule has 0 amide bonds. The van der Waals surface area contributed by atoms with Crippen LogP contribution in [0.25, 0.3) is 21.3 Å². The number of fused-ring (bicyclic) bond motifs is 1. The summed E-state index contributed by atoms with van der Waals surface area (Å²) in [7, 11) is 0. The number of nitrogens with zero attached hydrogens (tertiary/aromatic N) is 2. The molecule has 0 aliphatic carbocycles. The number of hydrogen-bond donors (Lipinski definition) is 1. The van der Waals surface area contributed by atoms with Gasteiger partial charge in [0.15, 0.2) is 0 Å². The number of aromatic nitrogens is 2. The number of carboxylic acid groups (broad SMARTS) is 1. The van der Waals surface area contributed by atoms with Crippen LogP contribution in [-0.4, -0.2) is 20.6 Å². The van der Waals surface area contributed by atoms with Crippen molar-refractivity contribution in [2.75, 3.05) is 0 Å². The summed E-state index contributed by atoms with van der Waals surface area (Å²) in [5, 5.41) is 11.4. The lowest BCUT2D eigenvalue weighted by atomic mass is 10.0. The van der Waals surface area contributed by atoms with Gasteiger partial charge in [0.1, 0.15) is 10.7 Å². The van der Waals surface area contributed by atoms with E-state index < -0.39 is 5.97 Å². The third-order valence-corrected chi connectivity index (χ3v) is 5.10. The van der Waals surface area contributed by atoms with E-state index in [9.17, 15) is 9.59 Å². The summed E-state index contributed by atoms with van der Waals surface area (Å²) in [4.78, 5) is 29.2. The molecule has 0 aliphatic rings. The Morgan fingerprint density at radius 2 is 2.00 bits per heavy atom. The van der Waals surface area contributed by atoms with Crippen LogP contribution in [0.4, 0.5) is 0 Å². The Bertz CT molecular complexity index is 971. The van der Waals surface area contributed by atoms with Crippen molar-refractivity contribution in [1.29, 1.82) is 0 Å². The molecule has 130 valence electrons. The number of carboxylic acids is 1. The normalized spacial score (nSPS) is 11.1. The average molecular weight is 356 g/mol. The van der Waals surface area contributed by atoms with E-state index >= 15 is 0 Å². The van der Waals surface area contributed by atoms with Gasteiger partial charge >= 0.3 is 5.97 Å². The fraction of sp³-hybridized carbons (Fsp3) is 0.316. The van der Waals surface area contributed by atoms with Crippen molar-refractivity contribution in [3.63, 3.8) is 0 Å². The van der Waals surface area contributed by atoms with Gasteiger partial charge in [-0.2, -0.15) is 0 Å². The van der Waals surface area contributed by atoms with Crippen LogP contribution in [0.3, 0.4) is 0 Å². The number of aryl methyl sites for hydroxylation is 2. The van der Waals surface area contributed by atoms with E-state index in [-0.39, 0.29) is 12.0 Å². The smallest absolute Gasteiger partial charge is 0.303 e. The van der Waals surface area contributed by atoms with Crippen LogP contribution in [0.15, 0.2) is 34.4 Å². The Labute approximate surface area is 149 Å². The molecule has 0 saturated heterocycles. The van der Waals surface area contributed by atoms with Gasteiger partial charge < -0.3 is 5.11 Å². The minimum Gasteiger partial charge on any atom is -0.481 e. The summed E-state index contributed by atoms with van der Waals surface area (Å²) < 4.78 is 1.63. The summed E-state index contributed by atoms with van der Waals surface area (Å²) in [5.74, 6) is -0.142. The summed E-state index contributed by atoms with van der Waals surface area (Å²) in [5.41, 5.74) is 2.98. The lowest BCUT2D eigenvalue weighted by molar-refractivity contribution is -0.137. The zero-order valence-corrected chi connectivity index (χ0v) is 15.1. The Hall–Kier alpha value is -2.47. The zero-order valence-electron chi connectivity index (χ0n) is 14.3. The molecule has 25 heavy (non-hydrogen) atoms. The Morgan fingerprint density at radius 3 is 2.64 bits per heavy atom. The van der Waals surface area contributed by atoms with Gasteiger partial charge in [-0.25, -0.2) is 4.98 Å². The first kappa shape index (κ1) is 17.4. The molecule has 3 aromatic rings. The van der Waals surface area contributed by atoms with Crippen molar-refractivity contribution in [3.8, 4) is 11.1 Å². The second-order valence-electron chi connectivity index (χ2n) is 6.03. The summed E-state index contributed by atoms with van der Waals surface area (Å²) in [6.07, 6.45) is 1.09. The molecule has 0 atom stereocenters. The molecule has 0 bridgehead atoms. The van der Waals surface area contributed by atoms with Crippen LogP contribution in [0.5, 0.6) is 0 Å². The predicted octanol–water partition coefficient (Wildman–Crippen LogP) is 3.86. The third-order valence-electron chi connectivity index (χ3n) is 4.22. The van der Waals surface area contributed by atoms with E-state index in [1.165, 1.54) is 16.9 Å². The maximum atomic E-state index is 13.1. The van der Waals surface area contributed by atoms with Gasteiger partial charge in [0.05, 0.1) is 5.39 Å². The number of thiophene rings is 1. The first-order valence-corrected chi connectivity index (χ1v) is 9.19. The zero-order chi connectivity index (χ0) is 18.0. The molecular formula is C19H20N2O3S. The van der Waals surface area contributed by atoms with Gasteiger partial charge in [-0.1, -0.05) is 36.8 Å². The average Bonchev–Trinajstić information content (AvgIpc) is 3.01. The van der Waals surface area contributed by atoms with Crippen molar-refractivity contribution < 1.29 is 9.90 Å². The summed E-state index contributed by atoms with van der Waals surface area (Å²) >= 11 is 1.48. The van der Waals surface area contributed by atoms with Crippen LogP contribution >= 0.6 is 11.3 Å². The highest BCUT2D eigenvalue weighted by Gasteiger charge is 2.16. The van der Waals surface area contributed by atoms with E-state index in [2.05, 4.69) is 4.98 Å². The standard InChI is InChI=1S/C19H20N2O3S/c1-3-15-20-18-17(19(24)21(15)10-4-5-16(22)23)14(11-25-18)13-8-6-12(2)7-9-13/h6-9,11H,3-5,10H2,1-2H3,(H,22,23). The van der Waals surface area contributed by atoms with E-state index in [0.29, 0.717) is 30.6 Å². The molecule has 6 heteroatoms. The Morgan fingerprint density at radius 1 is 1.28 bits per heavy atom. The number of aliphatic carboxylic acids is 1. The monoisotopic (exact) mass is 356 g/mol. The fourth-order valence-corrected chi connectivity index (χ4v) is 3.86. The largest absolute Gasteiger partial charge is 0.481 e. The number of rotatable bonds is 6. The van der Waals surface area contributed by atoms with Crippen LogP contribution in [0, 0.1) is 6.92 Å². The molecule has 2 aromatic heterocycles. The lowest BCUT2D eigenvalue weighted by Gasteiger charge is -2.11. The number of carbonyl (C=O) groups is 1. The van der Waals surface area contributed by atoms with Crippen molar-refractivity contribution in [2.45, 2.75) is 39.7 Å². The van der Waals surface area contributed by atoms with E-state index in [1.54, 1.807) is 4.57 Å². The van der Waals surface area contributed by atoms with Crippen LogP contribution in [0.2, 0.25) is 0 Å². The molecule has 1 N–H and O–H groups in total. The highest BCUT2D eigenvalue weighted by atomic mass is 32.1. The molecule has 2 heterocycles. The highest BCUT2D eigenvalue weighted by molar-refractivity contribution is 7.17. The highest BCUT2D eigenvalue weighted by Crippen LogP contribution is 2.31. The van der Waals surface area contributed by atoms with Crippen molar-refractivity contribution in [3.05, 3.63) is 51.4 Å². The van der Waals surface area contributed by atoms with Crippen molar-refractivity contribution >= 4 is 27.5 Å². The topological polar surface area (TPSA) is 72.2 Å². The van der Waals surface area contributed by atoms with Crippen LogP contribution in [-0.2, 0) is 17.8 Å². The molecule has 0 fully saturated rings. The van der Waals surface area contributed by atoms with Gasteiger partial charge in [-0.3, -0.25) is 14.2 Å². The van der Waals surface area contributed by atoms with Crippen LogP contribution in [0.1, 0.15) is 31.2 Å². The summed E-state index contributed by atoms with van der Waals surface area (Å²) in [6, 6.07) is 8.08. The molecule has 0 spiro atoms. The molecular weight excluding hydrogens is 336 g/mol. The second kappa shape index (κ2) is 7.19. The quantitative estimate of drug-likeness (QED) is 0.728. The third kappa shape index (κ3) is 3.49. The molecule has 5 nitrogen and oxygen atoms in total. The maximum absolute atomic E-state index is 13.1. The fourth-order valence-electron chi connectivity index (χ4n) is 2.90. The van der Waals surface area contributed by atoms with E-state index in [1.807, 2.05) is 43.5 Å². The predicted molar refractivity (Wildman–Crippen MR) is 100 cm³/mol. The minimum atomic E-state index is -0.851. The second-order valence-corrected chi connectivity index (χ2v) is 6.89. The van der Waals surface area contributed by atoms with E-state index in [0.717, 1.165) is 16.0 Å². The first-order valence-electron chi connectivity index (χ1n) is 8.31. The summed E-state index contributed by atoms with van der Waals surface area (Å²) in [6.45, 7) is 4.36. The maximum Gasteiger partial charge on any atom is 0.303 e. The molecule has 0 aliphatic heterocycles. The van der Waals surface area contributed by atoms with Gasteiger partial charge in [0.2, 0.25) is 0 Å². The molecule has 0 radical (unpaired) electrons. The lowest BCUT2D eigenvalue weighted by Crippen LogP contribution is -2.25. The molecule has 0 unspecified atom stereocenters. The molecule has 3 rings (SSSR count). The number of benzene rings is 1. The van der Waals surface area contributed by atoms with Crippen molar-refractivity contribution in [2.24, 2.45) is 0 Å². The Kier molecular flexibility index (Phi) is 4.99. The Balaban J connectivity index is 2.11. The molecule has 0 saturated carbocycles. The van der Waals surface area contributed by atoms with Gasteiger partial charge in [0.25, 0.3) is 5.56 Å². The number of hydrogen-bond acceptors (Lipinski definition) is 4. The first-order chi connectivity index (χ1) is 12.0. The van der Waals surface area contributed by atoms with Crippen LogP contribution < -0.4 is 5.56 Å². The van der Waals surface area contributed by atoms with Gasteiger partial charge in [0, 0.05) is 30.3 Å². The SMILES string of the molecule is CCc1nc2scc(-c3ccc(C)cc3)c2c(=O)n1CCCC(=O)O. The van der Waals surface area contributed by atoms with E-state index in [4.69, 9.17) is 5.11 Å². The minimum absolute atomic E-state index is 0.0437. The van der Waals surface area contributed by atoms with Gasteiger partial charge in [-0.15, -0.1) is 11.3 Å². The van der Waals surface area contributed by atoms with Crippen molar-refractivity contribution in [1.82, 2.24) is 9.55 Å². The van der Waals surface area contributed by atoms with Gasteiger partial charge in [-0.05, 0) is 18.9 Å². The molecule has 1 aromatic carbocycles.